The van der Waals surface area contributed by atoms with Crippen molar-refractivity contribution >= 4 is 39.0 Å². The van der Waals surface area contributed by atoms with Crippen LogP contribution in [0.3, 0.4) is 0 Å². The number of fused-ring (bicyclic) bond motifs is 1. The number of aryl methyl sites for hydroxylation is 1. The molecule has 0 bridgehead atoms. The molecule has 1 aliphatic rings. The van der Waals surface area contributed by atoms with Gasteiger partial charge in [-0.2, -0.15) is 4.37 Å². The summed E-state index contributed by atoms with van der Waals surface area (Å²) in [5, 5.41) is 4.29. The zero-order valence-electron chi connectivity index (χ0n) is 19.3. The van der Waals surface area contributed by atoms with Gasteiger partial charge in [0.2, 0.25) is 5.91 Å². The summed E-state index contributed by atoms with van der Waals surface area (Å²) in [5.74, 6) is 1.20. The largest absolute Gasteiger partial charge is 0.353 e. The lowest BCUT2D eigenvalue weighted by Gasteiger charge is -2.35. The van der Waals surface area contributed by atoms with Crippen LogP contribution in [0.4, 0.5) is 11.5 Å². The van der Waals surface area contributed by atoms with Crippen molar-refractivity contribution in [2.45, 2.75) is 19.3 Å². The standard InChI is InChI=1S/C28H30N4OS/c33-27(15-12-22-6-2-1-3-7-22)29-24-13-10-23(11-14-24)16-17-31-18-20-32(21-19-31)28-25-8-4-5-9-26(25)34-30-28/h1-11,13-14H,12,15-21H2,(H,29,33). The Labute approximate surface area is 205 Å². The van der Waals surface area contributed by atoms with E-state index in [2.05, 4.69) is 63.6 Å². The van der Waals surface area contributed by atoms with E-state index in [4.69, 9.17) is 4.37 Å². The van der Waals surface area contributed by atoms with Gasteiger partial charge in [-0.05, 0) is 59.8 Å². The second-order valence-corrected chi connectivity index (χ2v) is 9.62. The zero-order chi connectivity index (χ0) is 23.2. The number of anilines is 2. The predicted molar refractivity (Wildman–Crippen MR) is 142 cm³/mol. The molecule has 1 amide bonds. The fourth-order valence-corrected chi connectivity index (χ4v) is 5.25. The Hall–Kier alpha value is -3.22. The summed E-state index contributed by atoms with van der Waals surface area (Å²) < 4.78 is 5.97. The van der Waals surface area contributed by atoms with Crippen LogP contribution in [0.2, 0.25) is 0 Å². The van der Waals surface area contributed by atoms with Gasteiger partial charge in [-0.15, -0.1) is 0 Å². The molecule has 0 atom stereocenters. The molecule has 0 radical (unpaired) electrons. The minimum Gasteiger partial charge on any atom is -0.353 e. The van der Waals surface area contributed by atoms with Gasteiger partial charge in [0, 0.05) is 50.2 Å². The second-order valence-electron chi connectivity index (χ2n) is 8.81. The van der Waals surface area contributed by atoms with Crippen LogP contribution in [-0.2, 0) is 17.6 Å². The Morgan fingerprint density at radius 3 is 2.32 bits per heavy atom. The number of nitrogens with zero attached hydrogens (tertiary/aromatic N) is 3. The first-order chi connectivity index (χ1) is 16.7. The molecule has 0 aliphatic carbocycles. The first-order valence-electron chi connectivity index (χ1n) is 12.0. The van der Waals surface area contributed by atoms with Crippen molar-refractivity contribution in [1.29, 1.82) is 0 Å². The Balaban J connectivity index is 1.05. The highest BCUT2D eigenvalue weighted by Crippen LogP contribution is 2.29. The topological polar surface area (TPSA) is 48.5 Å². The van der Waals surface area contributed by atoms with Crippen LogP contribution < -0.4 is 10.2 Å². The number of piperazine rings is 1. The summed E-state index contributed by atoms with van der Waals surface area (Å²) >= 11 is 1.59. The average molecular weight is 471 g/mol. The van der Waals surface area contributed by atoms with E-state index in [0.717, 1.165) is 57.1 Å². The van der Waals surface area contributed by atoms with E-state index < -0.39 is 0 Å². The molecule has 1 aliphatic heterocycles. The summed E-state index contributed by atoms with van der Waals surface area (Å²) in [4.78, 5) is 17.2. The van der Waals surface area contributed by atoms with E-state index >= 15 is 0 Å². The molecule has 1 fully saturated rings. The Morgan fingerprint density at radius 2 is 1.53 bits per heavy atom. The van der Waals surface area contributed by atoms with Crippen molar-refractivity contribution in [2.24, 2.45) is 0 Å². The molecule has 0 saturated carbocycles. The van der Waals surface area contributed by atoms with Crippen LogP contribution in [0, 0.1) is 0 Å². The Morgan fingerprint density at radius 1 is 0.824 bits per heavy atom. The molecule has 0 unspecified atom stereocenters. The van der Waals surface area contributed by atoms with Crippen molar-refractivity contribution in [1.82, 2.24) is 9.27 Å². The van der Waals surface area contributed by atoms with Gasteiger partial charge < -0.3 is 10.2 Å². The first kappa shape index (κ1) is 22.6. The number of aromatic nitrogens is 1. The molecule has 5 nitrogen and oxygen atoms in total. The number of carbonyl (C=O) groups excluding carboxylic acids is 1. The van der Waals surface area contributed by atoms with Crippen LogP contribution in [0.5, 0.6) is 0 Å². The third kappa shape index (κ3) is 5.64. The number of carbonyl (C=O) groups is 1. The number of hydrogen-bond donors (Lipinski definition) is 1. The monoisotopic (exact) mass is 470 g/mol. The molecule has 34 heavy (non-hydrogen) atoms. The molecule has 1 aromatic heterocycles. The van der Waals surface area contributed by atoms with Crippen molar-refractivity contribution in [3.05, 3.63) is 90.0 Å². The van der Waals surface area contributed by atoms with E-state index in [1.54, 1.807) is 11.5 Å². The van der Waals surface area contributed by atoms with Gasteiger partial charge in [-0.3, -0.25) is 9.69 Å². The highest BCUT2D eigenvalue weighted by Gasteiger charge is 2.20. The normalized spacial score (nSPS) is 14.4. The van der Waals surface area contributed by atoms with E-state index in [-0.39, 0.29) is 5.91 Å². The van der Waals surface area contributed by atoms with E-state index in [1.807, 2.05) is 30.3 Å². The van der Waals surface area contributed by atoms with Gasteiger partial charge in [0.1, 0.15) is 5.82 Å². The smallest absolute Gasteiger partial charge is 0.224 e. The number of rotatable bonds is 8. The molecule has 174 valence electrons. The van der Waals surface area contributed by atoms with E-state index in [0.29, 0.717) is 6.42 Å². The molecule has 2 heterocycles. The molecule has 1 N–H and O–H groups in total. The van der Waals surface area contributed by atoms with Crippen molar-refractivity contribution in [2.75, 3.05) is 42.9 Å². The molecular weight excluding hydrogens is 440 g/mol. The fraction of sp³-hybridized carbons (Fsp3) is 0.286. The summed E-state index contributed by atoms with van der Waals surface area (Å²) in [7, 11) is 0. The quantitative estimate of drug-likeness (QED) is 0.383. The minimum absolute atomic E-state index is 0.0577. The van der Waals surface area contributed by atoms with Gasteiger partial charge in [-0.1, -0.05) is 54.6 Å². The lowest BCUT2D eigenvalue weighted by atomic mass is 10.1. The second kappa shape index (κ2) is 10.8. The summed E-state index contributed by atoms with van der Waals surface area (Å²) in [6, 6.07) is 26.9. The minimum atomic E-state index is 0.0577. The van der Waals surface area contributed by atoms with E-state index in [1.165, 1.54) is 21.2 Å². The first-order valence-corrected chi connectivity index (χ1v) is 12.8. The van der Waals surface area contributed by atoms with Crippen LogP contribution in [0.1, 0.15) is 17.5 Å². The van der Waals surface area contributed by atoms with Crippen molar-refractivity contribution in [3.8, 4) is 0 Å². The lowest BCUT2D eigenvalue weighted by Crippen LogP contribution is -2.47. The third-order valence-electron chi connectivity index (χ3n) is 6.47. The number of hydrogen-bond acceptors (Lipinski definition) is 5. The van der Waals surface area contributed by atoms with Gasteiger partial charge in [0.05, 0.1) is 4.70 Å². The summed E-state index contributed by atoms with van der Waals surface area (Å²) in [6.07, 6.45) is 2.27. The SMILES string of the molecule is O=C(CCc1ccccc1)Nc1ccc(CCN2CCN(c3nsc4ccccc34)CC2)cc1. The van der Waals surface area contributed by atoms with Gasteiger partial charge in [-0.25, -0.2) is 0 Å². The molecule has 3 aromatic carbocycles. The third-order valence-corrected chi connectivity index (χ3v) is 7.29. The van der Waals surface area contributed by atoms with Gasteiger partial charge in [0.25, 0.3) is 0 Å². The van der Waals surface area contributed by atoms with Gasteiger partial charge in [0.15, 0.2) is 0 Å². The fourth-order valence-electron chi connectivity index (χ4n) is 4.45. The Bertz CT molecular complexity index is 1210. The number of amides is 1. The van der Waals surface area contributed by atoms with Gasteiger partial charge >= 0.3 is 0 Å². The molecule has 6 heteroatoms. The lowest BCUT2D eigenvalue weighted by molar-refractivity contribution is -0.116. The predicted octanol–water partition coefficient (Wildman–Crippen LogP) is 5.23. The average Bonchev–Trinajstić information content (AvgIpc) is 3.32. The van der Waals surface area contributed by atoms with Crippen LogP contribution in [0.25, 0.3) is 10.1 Å². The summed E-state index contributed by atoms with van der Waals surface area (Å²) in [5.41, 5.74) is 3.36. The van der Waals surface area contributed by atoms with Crippen LogP contribution in [0.15, 0.2) is 78.9 Å². The molecule has 1 saturated heterocycles. The summed E-state index contributed by atoms with van der Waals surface area (Å²) in [6.45, 7) is 5.20. The number of benzene rings is 3. The van der Waals surface area contributed by atoms with Crippen molar-refractivity contribution in [3.63, 3.8) is 0 Å². The molecule has 4 aromatic rings. The molecule has 0 spiro atoms. The van der Waals surface area contributed by atoms with Crippen LogP contribution >= 0.6 is 11.5 Å². The zero-order valence-corrected chi connectivity index (χ0v) is 20.1. The maximum atomic E-state index is 12.3. The maximum Gasteiger partial charge on any atom is 0.224 e. The maximum absolute atomic E-state index is 12.3. The molecule has 5 rings (SSSR count). The molecular formula is C28H30N4OS. The van der Waals surface area contributed by atoms with Crippen molar-refractivity contribution < 1.29 is 4.79 Å². The number of nitrogens with one attached hydrogen (secondary N) is 1. The highest BCUT2D eigenvalue weighted by molar-refractivity contribution is 7.13. The van der Waals surface area contributed by atoms with E-state index in [9.17, 15) is 4.79 Å². The van der Waals surface area contributed by atoms with Crippen LogP contribution in [-0.4, -0.2) is 47.9 Å². The highest BCUT2D eigenvalue weighted by atomic mass is 32.1. The Kier molecular flexibility index (Phi) is 7.17.